The number of anilines is 2. The van der Waals surface area contributed by atoms with Crippen LogP contribution in [0, 0.1) is 0 Å². The van der Waals surface area contributed by atoms with Crippen LogP contribution in [0.15, 0.2) is 30.9 Å². The van der Waals surface area contributed by atoms with Crippen LogP contribution in [0.25, 0.3) is 0 Å². The number of ketones is 1. The number of hydrogen-bond acceptors (Lipinski definition) is 7. The number of carbonyl (C=O) groups excluding carboxylic acids is 1. The van der Waals surface area contributed by atoms with Crippen molar-refractivity contribution >= 4 is 17.3 Å². The largest absolute Gasteiger partial charge is 0.382 e. The van der Waals surface area contributed by atoms with E-state index < -0.39 is 0 Å². The van der Waals surface area contributed by atoms with Crippen molar-refractivity contribution in [2.45, 2.75) is 25.3 Å². The summed E-state index contributed by atoms with van der Waals surface area (Å²) in [4.78, 5) is 26.8. The van der Waals surface area contributed by atoms with Gasteiger partial charge in [-0.3, -0.25) is 9.78 Å². The molecule has 1 fully saturated rings. The summed E-state index contributed by atoms with van der Waals surface area (Å²) in [7, 11) is 0. The number of Topliss-reactive ketones (excluding diaryl/α,β-unsaturated/α-hetero) is 1. The lowest BCUT2D eigenvalue weighted by molar-refractivity contribution is 0.0989. The molecule has 2 aromatic heterocycles. The summed E-state index contributed by atoms with van der Waals surface area (Å²) in [5, 5.41) is 0. The van der Waals surface area contributed by atoms with Gasteiger partial charge in [-0.05, 0) is 18.9 Å². The van der Waals surface area contributed by atoms with Crippen molar-refractivity contribution in [2.24, 2.45) is 5.73 Å². The summed E-state index contributed by atoms with van der Waals surface area (Å²) in [6, 6.07) is 2.21. The fraction of sp³-hybridized carbons (Fsp3) is 0.375. The fourth-order valence-corrected chi connectivity index (χ4v) is 2.83. The van der Waals surface area contributed by atoms with Crippen LogP contribution in [0.1, 0.15) is 28.9 Å². The zero-order valence-corrected chi connectivity index (χ0v) is 12.9. The molecule has 2 aromatic rings. The summed E-state index contributed by atoms with van der Waals surface area (Å²) in [5.41, 5.74) is 13.8. The number of hydrogen-bond donors (Lipinski definition) is 2. The molecule has 0 spiro atoms. The third-order valence-electron chi connectivity index (χ3n) is 4.10. The molecular weight excluding hydrogens is 292 g/mol. The summed E-state index contributed by atoms with van der Waals surface area (Å²) < 4.78 is 0. The zero-order chi connectivity index (χ0) is 16.2. The topological polar surface area (TPSA) is 111 Å². The second-order valence-corrected chi connectivity index (χ2v) is 5.72. The van der Waals surface area contributed by atoms with Crippen molar-refractivity contribution < 1.29 is 4.79 Å². The maximum absolute atomic E-state index is 12.5. The highest BCUT2D eigenvalue weighted by Gasteiger charge is 2.21. The lowest BCUT2D eigenvalue weighted by atomic mass is 10.0. The maximum atomic E-state index is 12.5. The Hall–Kier alpha value is -2.54. The quantitative estimate of drug-likeness (QED) is 0.803. The Labute approximate surface area is 134 Å². The van der Waals surface area contributed by atoms with Gasteiger partial charge in [0.05, 0.1) is 0 Å². The van der Waals surface area contributed by atoms with Crippen LogP contribution < -0.4 is 16.4 Å². The number of pyridine rings is 1. The molecule has 3 rings (SSSR count). The third kappa shape index (κ3) is 3.45. The Morgan fingerprint density at radius 2 is 1.96 bits per heavy atom. The number of rotatable bonds is 4. The molecule has 0 amide bonds. The smallest absolute Gasteiger partial charge is 0.189 e. The van der Waals surface area contributed by atoms with Gasteiger partial charge in [0.15, 0.2) is 11.6 Å². The van der Waals surface area contributed by atoms with Crippen LogP contribution in [-0.2, 0) is 6.42 Å². The first-order valence-corrected chi connectivity index (χ1v) is 7.68. The van der Waals surface area contributed by atoms with Crippen molar-refractivity contribution in [3.63, 3.8) is 0 Å². The molecule has 0 aliphatic carbocycles. The van der Waals surface area contributed by atoms with E-state index >= 15 is 0 Å². The summed E-state index contributed by atoms with van der Waals surface area (Å²) in [5.74, 6) is 0.00504. The predicted molar refractivity (Wildman–Crippen MR) is 88.1 cm³/mol. The molecule has 0 radical (unpaired) electrons. The van der Waals surface area contributed by atoms with E-state index in [1.807, 2.05) is 6.07 Å². The van der Waals surface area contributed by atoms with E-state index in [2.05, 4.69) is 19.9 Å². The Bertz CT molecular complexity index is 696. The highest BCUT2D eigenvalue weighted by atomic mass is 16.1. The van der Waals surface area contributed by atoms with Crippen molar-refractivity contribution in [1.82, 2.24) is 15.0 Å². The van der Waals surface area contributed by atoms with Crippen LogP contribution in [0.5, 0.6) is 0 Å². The molecule has 7 heteroatoms. The Morgan fingerprint density at radius 3 is 2.70 bits per heavy atom. The first-order chi connectivity index (χ1) is 11.1. The summed E-state index contributed by atoms with van der Waals surface area (Å²) in [6.07, 6.45) is 8.52. The van der Waals surface area contributed by atoms with Gasteiger partial charge in [0.2, 0.25) is 0 Å². The van der Waals surface area contributed by atoms with Crippen molar-refractivity contribution in [2.75, 3.05) is 23.7 Å². The van der Waals surface area contributed by atoms with Gasteiger partial charge in [0.1, 0.15) is 5.69 Å². The van der Waals surface area contributed by atoms with Gasteiger partial charge in [-0.15, -0.1) is 0 Å². The molecule has 120 valence electrons. The van der Waals surface area contributed by atoms with E-state index in [1.165, 1.54) is 12.4 Å². The molecular formula is C16H20N6O. The molecule has 4 N–H and O–H groups in total. The van der Waals surface area contributed by atoms with E-state index in [4.69, 9.17) is 11.5 Å². The molecule has 1 saturated heterocycles. The van der Waals surface area contributed by atoms with Gasteiger partial charge in [-0.1, -0.05) is 0 Å². The molecule has 0 unspecified atom stereocenters. The molecule has 1 aliphatic heterocycles. The second kappa shape index (κ2) is 6.70. The molecule has 1 aliphatic rings. The molecule has 0 saturated carbocycles. The van der Waals surface area contributed by atoms with Gasteiger partial charge in [-0.2, -0.15) is 0 Å². The van der Waals surface area contributed by atoms with Crippen molar-refractivity contribution in [1.29, 1.82) is 0 Å². The minimum Gasteiger partial charge on any atom is -0.382 e. The summed E-state index contributed by atoms with van der Waals surface area (Å²) >= 11 is 0. The highest BCUT2D eigenvalue weighted by molar-refractivity contribution is 5.99. The summed E-state index contributed by atoms with van der Waals surface area (Å²) in [6.45, 7) is 1.78. The van der Waals surface area contributed by atoms with Gasteiger partial charge in [-0.25, -0.2) is 9.97 Å². The van der Waals surface area contributed by atoms with E-state index in [0.717, 1.165) is 37.2 Å². The average Bonchev–Trinajstić information content (AvgIpc) is 2.56. The number of carbonyl (C=O) groups is 1. The van der Waals surface area contributed by atoms with Crippen molar-refractivity contribution in [3.05, 3.63) is 42.1 Å². The number of aromatic nitrogens is 3. The maximum Gasteiger partial charge on any atom is 0.189 e. The van der Waals surface area contributed by atoms with E-state index in [0.29, 0.717) is 0 Å². The van der Waals surface area contributed by atoms with Gasteiger partial charge >= 0.3 is 0 Å². The minimum atomic E-state index is -0.154. The molecule has 23 heavy (non-hydrogen) atoms. The minimum absolute atomic E-state index is 0.154. The van der Waals surface area contributed by atoms with Crippen LogP contribution in [0.3, 0.4) is 0 Å². The third-order valence-corrected chi connectivity index (χ3v) is 4.10. The Morgan fingerprint density at radius 1 is 1.22 bits per heavy atom. The van der Waals surface area contributed by atoms with E-state index in [9.17, 15) is 4.79 Å². The lowest BCUT2D eigenvalue weighted by Crippen LogP contribution is -2.40. The Balaban J connectivity index is 1.81. The molecule has 3 heterocycles. The van der Waals surface area contributed by atoms with Crippen molar-refractivity contribution in [3.8, 4) is 0 Å². The monoisotopic (exact) mass is 312 g/mol. The van der Waals surface area contributed by atoms with Crippen LogP contribution >= 0.6 is 0 Å². The number of nitrogens with zero attached hydrogens (tertiary/aromatic N) is 4. The standard InChI is InChI=1S/C16H20N6O/c17-12-2-7-22(8-3-12)13-1-4-19-10-11(13)9-14(23)15-16(18)21-6-5-20-15/h1,4-6,10,12H,2-3,7-9,17H2,(H2,18,21). The second-order valence-electron chi connectivity index (χ2n) is 5.72. The number of nitrogen functional groups attached to an aromatic ring is 1. The normalized spacial score (nSPS) is 15.6. The predicted octanol–water partition coefficient (Wildman–Crippen LogP) is 0.807. The number of nitrogens with two attached hydrogens (primary N) is 2. The number of piperidine rings is 1. The lowest BCUT2D eigenvalue weighted by Gasteiger charge is -2.33. The average molecular weight is 312 g/mol. The fourth-order valence-electron chi connectivity index (χ4n) is 2.83. The molecule has 7 nitrogen and oxygen atoms in total. The Kier molecular flexibility index (Phi) is 4.47. The van der Waals surface area contributed by atoms with Crippen LogP contribution in [0.4, 0.5) is 11.5 Å². The zero-order valence-electron chi connectivity index (χ0n) is 12.9. The van der Waals surface area contributed by atoms with Gasteiger partial charge in [0.25, 0.3) is 0 Å². The molecule has 0 aromatic carbocycles. The van der Waals surface area contributed by atoms with E-state index in [-0.39, 0.29) is 29.8 Å². The first-order valence-electron chi connectivity index (χ1n) is 7.68. The van der Waals surface area contributed by atoms with Crippen LogP contribution in [0.2, 0.25) is 0 Å². The van der Waals surface area contributed by atoms with E-state index in [1.54, 1.807) is 12.4 Å². The first kappa shape index (κ1) is 15.4. The van der Waals surface area contributed by atoms with Gasteiger partial charge in [0, 0.05) is 61.6 Å². The van der Waals surface area contributed by atoms with Crippen LogP contribution in [-0.4, -0.2) is 39.9 Å². The van der Waals surface area contributed by atoms with Gasteiger partial charge < -0.3 is 16.4 Å². The molecule has 0 atom stereocenters. The molecule has 0 bridgehead atoms. The SMILES string of the molecule is Nc1nccnc1C(=O)Cc1cnccc1N1CCC(N)CC1. The highest BCUT2D eigenvalue weighted by Crippen LogP contribution is 2.24.